The molecule has 0 spiro atoms. The van der Waals surface area contributed by atoms with E-state index in [1.54, 1.807) is 0 Å². The Hall–Kier alpha value is -1.89. The predicted octanol–water partition coefficient (Wildman–Crippen LogP) is 4.04. The molecule has 0 saturated carbocycles. The van der Waals surface area contributed by atoms with Gasteiger partial charge in [0.05, 0.1) is 0 Å². The van der Waals surface area contributed by atoms with E-state index in [4.69, 9.17) is 0 Å². The minimum Gasteiger partial charge on any atom is -0.298 e. The molecule has 1 heteroatoms. The highest BCUT2D eigenvalue weighted by Gasteiger charge is 2.03. The molecular weight excluding hydrogens is 208 g/mol. The Morgan fingerprint density at radius 1 is 1.12 bits per heavy atom. The summed E-state index contributed by atoms with van der Waals surface area (Å²) in [6, 6.07) is 14.4. The highest BCUT2D eigenvalue weighted by Crippen LogP contribution is 2.24. The molecule has 0 amide bonds. The lowest BCUT2D eigenvalue weighted by atomic mass is 9.97. The second-order valence-electron chi connectivity index (χ2n) is 4.25. The quantitative estimate of drug-likeness (QED) is 0.719. The van der Waals surface area contributed by atoms with Gasteiger partial charge in [-0.15, -0.1) is 0 Å². The van der Waals surface area contributed by atoms with Crippen molar-refractivity contribution in [3.8, 4) is 11.1 Å². The maximum absolute atomic E-state index is 10.7. The lowest BCUT2D eigenvalue weighted by Gasteiger charge is -2.08. The van der Waals surface area contributed by atoms with Crippen LogP contribution in [0.5, 0.6) is 0 Å². The first kappa shape index (κ1) is 11.6. The molecular formula is C16H16O. The van der Waals surface area contributed by atoms with E-state index in [2.05, 4.69) is 31.2 Å². The third kappa shape index (κ3) is 2.44. The molecule has 0 fully saturated rings. The average molecular weight is 224 g/mol. The predicted molar refractivity (Wildman–Crippen MR) is 71.4 cm³/mol. The molecule has 0 N–H and O–H groups in total. The molecule has 0 saturated heterocycles. The number of aldehydes is 1. The van der Waals surface area contributed by atoms with Crippen LogP contribution in [0.15, 0.2) is 42.5 Å². The van der Waals surface area contributed by atoms with Crippen LogP contribution >= 0.6 is 0 Å². The average Bonchev–Trinajstić information content (AvgIpc) is 2.38. The molecule has 0 unspecified atom stereocenters. The van der Waals surface area contributed by atoms with Crippen LogP contribution in [-0.4, -0.2) is 6.29 Å². The topological polar surface area (TPSA) is 17.1 Å². The summed E-state index contributed by atoms with van der Waals surface area (Å²) >= 11 is 0. The molecule has 17 heavy (non-hydrogen) atoms. The van der Waals surface area contributed by atoms with Crippen molar-refractivity contribution in [2.24, 2.45) is 0 Å². The van der Waals surface area contributed by atoms with Gasteiger partial charge in [0.2, 0.25) is 0 Å². The highest BCUT2D eigenvalue weighted by molar-refractivity contribution is 5.78. The Morgan fingerprint density at radius 2 is 1.94 bits per heavy atom. The van der Waals surface area contributed by atoms with Crippen LogP contribution in [0, 0.1) is 6.92 Å². The highest BCUT2D eigenvalue weighted by atomic mass is 16.1. The second kappa shape index (κ2) is 4.96. The van der Waals surface area contributed by atoms with Gasteiger partial charge in [0.15, 0.2) is 0 Å². The van der Waals surface area contributed by atoms with Crippen LogP contribution < -0.4 is 0 Å². The first-order valence-electron chi connectivity index (χ1n) is 5.89. The molecule has 86 valence electrons. The maximum atomic E-state index is 10.7. The minimum atomic E-state index is 0.734. The normalized spacial score (nSPS) is 10.2. The Balaban J connectivity index is 2.48. The van der Waals surface area contributed by atoms with Crippen molar-refractivity contribution in [3.63, 3.8) is 0 Å². The largest absolute Gasteiger partial charge is 0.298 e. The van der Waals surface area contributed by atoms with E-state index in [1.807, 2.05) is 25.1 Å². The fourth-order valence-corrected chi connectivity index (χ4v) is 2.04. The van der Waals surface area contributed by atoms with Crippen molar-refractivity contribution in [2.75, 3.05) is 0 Å². The number of aryl methyl sites for hydroxylation is 2. The van der Waals surface area contributed by atoms with Crippen LogP contribution in [0.4, 0.5) is 0 Å². The lowest BCUT2D eigenvalue weighted by molar-refractivity contribution is 0.112. The Labute approximate surface area is 102 Å². The van der Waals surface area contributed by atoms with Crippen molar-refractivity contribution < 1.29 is 4.79 Å². The van der Waals surface area contributed by atoms with Gasteiger partial charge in [-0.3, -0.25) is 4.79 Å². The van der Waals surface area contributed by atoms with Crippen LogP contribution in [0.3, 0.4) is 0 Å². The van der Waals surface area contributed by atoms with Gasteiger partial charge in [-0.2, -0.15) is 0 Å². The Bertz CT molecular complexity index is 541. The van der Waals surface area contributed by atoms with E-state index >= 15 is 0 Å². The van der Waals surface area contributed by atoms with E-state index in [0.717, 1.165) is 23.8 Å². The van der Waals surface area contributed by atoms with Crippen LogP contribution in [0.2, 0.25) is 0 Å². The van der Waals surface area contributed by atoms with Gasteiger partial charge in [-0.25, -0.2) is 0 Å². The number of benzene rings is 2. The molecule has 2 rings (SSSR count). The fourth-order valence-electron chi connectivity index (χ4n) is 2.04. The minimum absolute atomic E-state index is 0.734. The summed E-state index contributed by atoms with van der Waals surface area (Å²) < 4.78 is 0. The standard InChI is InChI=1S/C16H16O/c1-3-13-5-4-6-15(10-13)16-8-7-14(11-17)9-12(16)2/h4-11H,3H2,1-2H3. The zero-order valence-electron chi connectivity index (χ0n) is 10.2. The first-order chi connectivity index (χ1) is 8.24. The van der Waals surface area contributed by atoms with Crippen LogP contribution in [-0.2, 0) is 6.42 Å². The van der Waals surface area contributed by atoms with Crippen molar-refractivity contribution >= 4 is 6.29 Å². The SMILES string of the molecule is CCc1cccc(-c2ccc(C=O)cc2C)c1. The molecule has 1 nitrogen and oxygen atoms in total. The summed E-state index contributed by atoms with van der Waals surface area (Å²) in [7, 11) is 0. The van der Waals surface area contributed by atoms with Gasteiger partial charge in [0.25, 0.3) is 0 Å². The first-order valence-corrected chi connectivity index (χ1v) is 5.89. The van der Waals surface area contributed by atoms with Crippen molar-refractivity contribution in [1.82, 2.24) is 0 Å². The summed E-state index contributed by atoms with van der Waals surface area (Å²) in [6.07, 6.45) is 1.93. The molecule has 0 aromatic heterocycles. The van der Waals surface area contributed by atoms with E-state index < -0.39 is 0 Å². The van der Waals surface area contributed by atoms with Gasteiger partial charge in [0, 0.05) is 5.56 Å². The zero-order valence-corrected chi connectivity index (χ0v) is 10.2. The number of rotatable bonds is 3. The molecule has 0 aliphatic carbocycles. The van der Waals surface area contributed by atoms with Crippen LogP contribution in [0.25, 0.3) is 11.1 Å². The molecule has 2 aromatic rings. The fraction of sp³-hybridized carbons (Fsp3) is 0.188. The second-order valence-corrected chi connectivity index (χ2v) is 4.25. The number of carbonyl (C=O) groups excluding carboxylic acids is 1. The third-order valence-corrected chi connectivity index (χ3v) is 3.03. The summed E-state index contributed by atoms with van der Waals surface area (Å²) in [4.78, 5) is 10.7. The van der Waals surface area contributed by atoms with Crippen molar-refractivity contribution in [1.29, 1.82) is 0 Å². The number of hydrogen-bond donors (Lipinski definition) is 0. The molecule has 0 aliphatic rings. The van der Waals surface area contributed by atoms with E-state index in [9.17, 15) is 4.79 Å². The molecule has 0 aliphatic heterocycles. The van der Waals surface area contributed by atoms with Gasteiger partial charge < -0.3 is 0 Å². The van der Waals surface area contributed by atoms with Gasteiger partial charge in [-0.1, -0.05) is 43.3 Å². The summed E-state index contributed by atoms with van der Waals surface area (Å²) in [5, 5.41) is 0. The molecule has 0 atom stereocenters. The summed E-state index contributed by atoms with van der Waals surface area (Å²) in [5.74, 6) is 0. The van der Waals surface area contributed by atoms with Gasteiger partial charge in [-0.05, 0) is 41.7 Å². The molecule has 2 aromatic carbocycles. The lowest BCUT2D eigenvalue weighted by Crippen LogP contribution is -1.88. The Morgan fingerprint density at radius 3 is 2.59 bits per heavy atom. The van der Waals surface area contributed by atoms with Gasteiger partial charge in [0.1, 0.15) is 6.29 Å². The van der Waals surface area contributed by atoms with Crippen LogP contribution in [0.1, 0.15) is 28.4 Å². The third-order valence-electron chi connectivity index (χ3n) is 3.03. The van der Waals surface area contributed by atoms with Crippen molar-refractivity contribution in [2.45, 2.75) is 20.3 Å². The van der Waals surface area contributed by atoms with E-state index in [0.29, 0.717) is 0 Å². The molecule has 0 bridgehead atoms. The maximum Gasteiger partial charge on any atom is 0.150 e. The van der Waals surface area contributed by atoms with Crippen molar-refractivity contribution in [3.05, 3.63) is 59.2 Å². The smallest absolute Gasteiger partial charge is 0.150 e. The summed E-state index contributed by atoms with van der Waals surface area (Å²) in [6.45, 7) is 4.20. The number of hydrogen-bond acceptors (Lipinski definition) is 1. The monoisotopic (exact) mass is 224 g/mol. The van der Waals surface area contributed by atoms with Gasteiger partial charge >= 0.3 is 0 Å². The zero-order chi connectivity index (χ0) is 12.3. The van der Waals surface area contributed by atoms with E-state index in [1.165, 1.54) is 16.7 Å². The molecule has 0 heterocycles. The number of carbonyl (C=O) groups is 1. The molecule has 0 radical (unpaired) electrons. The van der Waals surface area contributed by atoms with E-state index in [-0.39, 0.29) is 0 Å². The summed E-state index contributed by atoms with van der Waals surface area (Å²) in [5.41, 5.74) is 5.63. The Kier molecular flexibility index (Phi) is 3.38.